The van der Waals surface area contributed by atoms with Gasteiger partial charge in [-0.1, -0.05) is 0 Å². The van der Waals surface area contributed by atoms with E-state index in [2.05, 4.69) is 21.2 Å². The van der Waals surface area contributed by atoms with Crippen LogP contribution in [-0.4, -0.2) is 22.1 Å². The van der Waals surface area contributed by atoms with Crippen molar-refractivity contribution in [2.45, 2.75) is 49.4 Å². The molecule has 0 heterocycles. The molecule has 4 rings (SSSR count). The second-order valence-electron chi connectivity index (χ2n) is 6.70. The van der Waals surface area contributed by atoms with E-state index in [0.29, 0.717) is 17.8 Å². The van der Waals surface area contributed by atoms with E-state index in [1.807, 2.05) is 0 Å². The molecule has 3 nitrogen and oxygen atoms in total. The van der Waals surface area contributed by atoms with Crippen LogP contribution in [0.25, 0.3) is 0 Å². The van der Waals surface area contributed by atoms with Gasteiger partial charge in [-0.15, -0.1) is 0 Å². The lowest BCUT2D eigenvalue weighted by Crippen LogP contribution is -2.61. The second kappa shape index (κ2) is 4.30. The molecule has 0 aromatic carbocycles. The lowest BCUT2D eigenvalue weighted by atomic mass is 9.47. The first-order valence-electron chi connectivity index (χ1n) is 6.85. The Hall–Kier alpha value is -0.390. The van der Waals surface area contributed by atoms with Gasteiger partial charge < -0.3 is 10.4 Å². The average molecular weight is 338 g/mol. The third kappa shape index (κ3) is 2.36. The van der Waals surface area contributed by atoms with Crippen molar-refractivity contribution in [3.8, 4) is 0 Å². The molecule has 0 aliphatic heterocycles. The van der Waals surface area contributed by atoms with Crippen LogP contribution in [-0.2, 0) is 0 Å². The van der Waals surface area contributed by atoms with Crippen molar-refractivity contribution in [2.75, 3.05) is 0 Å². The summed E-state index contributed by atoms with van der Waals surface area (Å²) in [6.45, 7) is 0. The molecule has 0 aromatic rings. The standard InChI is InChI=1S/C13H18BrF2NO2/c14-13(15,16)10(17-11(18)19)12-4-7-1-8(5-12)3-9(2-7)6-12/h7-10,17H,1-6H2,(H,18,19). The summed E-state index contributed by atoms with van der Waals surface area (Å²) >= 11 is 2.40. The summed E-state index contributed by atoms with van der Waals surface area (Å²) < 4.78 is 27.7. The predicted molar refractivity (Wildman–Crippen MR) is 69.4 cm³/mol. The van der Waals surface area contributed by atoms with Crippen molar-refractivity contribution in [3.63, 3.8) is 0 Å². The maximum absolute atomic E-state index is 13.8. The molecule has 0 spiro atoms. The molecule has 19 heavy (non-hydrogen) atoms. The van der Waals surface area contributed by atoms with Crippen LogP contribution in [0.15, 0.2) is 0 Å². The number of amides is 1. The Kier molecular flexibility index (Phi) is 3.08. The number of hydrogen-bond donors (Lipinski definition) is 2. The van der Waals surface area contributed by atoms with Gasteiger partial charge in [-0.3, -0.25) is 0 Å². The average Bonchev–Trinajstić information content (AvgIpc) is 2.22. The molecule has 1 amide bonds. The highest BCUT2D eigenvalue weighted by atomic mass is 79.9. The van der Waals surface area contributed by atoms with Gasteiger partial charge in [-0.05, 0) is 77.6 Å². The molecule has 4 aliphatic rings. The molecule has 4 saturated carbocycles. The van der Waals surface area contributed by atoms with E-state index in [0.717, 1.165) is 38.5 Å². The van der Waals surface area contributed by atoms with Gasteiger partial charge in [-0.25, -0.2) is 4.79 Å². The zero-order chi connectivity index (χ0) is 13.8. The summed E-state index contributed by atoms with van der Waals surface area (Å²) in [4.78, 5) is 7.70. The summed E-state index contributed by atoms with van der Waals surface area (Å²) in [5.41, 5.74) is -0.555. The van der Waals surface area contributed by atoms with Crippen LogP contribution in [0.3, 0.4) is 0 Å². The van der Waals surface area contributed by atoms with Gasteiger partial charge >= 0.3 is 10.9 Å². The molecule has 6 heteroatoms. The maximum atomic E-state index is 13.8. The van der Waals surface area contributed by atoms with Gasteiger partial charge in [0.15, 0.2) is 0 Å². The van der Waals surface area contributed by atoms with E-state index in [4.69, 9.17) is 5.11 Å². The van der Waals surface area contributed by atoms with Gasteiger partial charge in [0, 0.05) is 0 Å². The van der Waals surface area contributed by atoms with Crippen LogP contribution in [0, 0.1) is 23.2 Å². The van der Waals surface area contributed by atoms with Crippen LogP contribution < -0.4 is 5.32 Å². The molecule has 0 radical (unpaired) electrons. The van der Waals surface area contributed by atoms with Gasteiger partial charge in [0.2, 0.25) is 0 Å². The van der Waals surface area contributed by atoms with Crippen molar-refractivity contribution in [3.05, 3.63) is 0 Å². The summed E-state index contributed by atoms with van der Waals surface area (Å²) in [6.07, 6.45) is 4.30. The number of nitrogens with one attached hydrogen (secondary N) is 1. The molecule has 0 saturated heterocycles. The molecule has 0 aromatic heterocycles. The van der Waals surface area contributed by atoms with Crippen molar-refractivity contribution in [1.29, 1.82) is 0 Å². The topological polar surface area (TPSA) is 49.3 Å². The number of hydrogen-bond acceptors (Lipinski definition) is 1. The fraction of sp³-hybridized carbons (Fsp3) is 0.923. The van der Waals surface area contributed by atoms with E-state index in [9.17, 15) is 13.6 Å². The van der Waals surface area contributed by atoms with Crippen molar-refractivity contribution >= 4 is 22.0 Å². The summed E-state index contributed by atoms with van der Waals surface area (Å²) in [5, 5.41) is 11.0. The Morgan fingerprint density at radius 2 is 1.63 bits per heavy atom. The highest BCUT2D eigenvalue weighted by molar-refractivity contribution is 9.10. The Labute approximate surface area is 119 Å². The van der Waals surface area contributed by atoms with E-state index in [-0.39, 0.29) is 0 Å². The van der Waals surface area contributed by atoms with Gasteiger partial charge in [-0.2, -0.15) is 8.78 Å². The number of alkyl halides is 3. The van der Waals surface area contributed by atoms with Gasteiger partial charge in [0.1, 0.15) is 6.04 Å². The second-order valence-corrected chi connectivity index (χ2v) is 7.76. The number of rotatable bonds is 3. The number of halogens is 3. The SMILES string of the molecule is O=C(O)NC(C(F)(F)Br)C12CC3CC(CC(C3)C1)C2. The summed E-state index contributed by atoms with van der Waals surface area (Å²) in [5.74, 6) is 1.54. The van der Waals surface area contributed by atoms with Crippen LogP contribution in [0.2, 0.25) is 0 Å². The predicted octanol–water partition coefficient (Wildman–Crippen LogP) is 3.83. The highest BCUT2D eigenvalue weighted by Gasteiger charge is 2.60. The molecule has 4 fully saturated rings. The van der Waals surface area contributed by atoms with E-state index in [1.54, 1.807) is 0 Å². The Morgan fingerprint density at radius 3 is 1.95 bits per heavy atom. The third-order valence-corrected chi connectivity index (χ3v) is 5.75. The minimum Gasteiger partial charge on any atom is -0.465 e. The number of carbonyl (C=O) groups is 1. The molecule has 2 N–H and O–H groups in total. The Bertz CT molecular complexity index is 361. The molecule has 4 aliphatic carbocycles. The van der Waals surface area contributed by atoms with Crippen LogP contribution in [0.5, 0.6) is 0 Å². The van der Waals surface area contributed by atoms with Crippen molar-refractivity contribution < 1.29 is 18.7 Å². The summed E-state index contributed by atoms with van der Waals surface area (Å²) in [7, 11) is 0. The quantitative estimate of drug-likeness (QED) is 0.769. The van der Waals surface area contributed by atoms with Crippen molar-refractivity contribution in [1.82, 2.24) is 5.32 Å². The third-order valence-electron chi connectivity index (χ3n) is 5.29. The van der Waals surface area contributed by atoms with Gasteiger partial charge in [0.25, 0.3) is 0 Å². The monoisotopic (exact) mass is 337 g/mol. The van der Waals surface area contributed by atoms with Crippen molar-refractivity contribution in [2.24, 2.45) is 23.2 Å². The molecular weight excluding hydrogens is 320 g/mol. The molecule has 108 valence electrons. The highest BCUT2D eigenvalue weighted by Crippen LogP contribution is 2.63. The molecular formula is C13H18BrF2NO2. The molecule has 4 bridgehead atoms. The van der Waals surface area contributed by atoms with Crippen LogP contribution in [0.1, 0.15) is 38.5 Å². The zero-order valence-corrected chi connectivity index (χ0v) is 12.1. The maximum Gasteiger partial charge on any atom is 0.405 e. The normalized spacial score (nSPS) is 42.2. The Morgan fingerprint density at radius 1 is 1.21 bits per heavy atom. The minimum atomic E-state index is -3.18. The first-order valence-corrected chi connectivity index (χ1v) is 7.64. The lowest BCUT2D eigenvalue weighted by Gasteiger charge is -2.59. The first kappa shape index (κ1) is 13.6. The minimum absolute atomic E-state index is 0.513. The first-order chi connectivity index (χ1) is 8.78. The van der Waals surface area contributed by atoms with E-state index >= 15 is 0 Å². The fourth-order valence-corrected chi connectivity index (χ4v) is 5.84. The van der Waals surface area contributed by atoms with Gasteiger partial charge in [0.05, 0.1) is 0 Å². The lowest BCUT2D eigenvalue weighted by molar-refractivity contribution is -0.110. The number of carboxylic acid groups (broad SMARTS) is 1. The Balaban J connectivity index is 1.91. The van der Waals surface area contributed by atoms with Crippen LogP contribution in [0.4, 0.5) is 13.6 Å². The zero-order valence-electron chi connectivity index (χ0n) is 10.5. The summed E-state index contributed by atoms with van der Waals surface area (Å²) in [6, 6.07) is -1.31. The van der Waals surface area contributed by atoms with E-state index < -0.39 is 22.4 Å². The smallest absolute Gasteiger partial charge is 0.405 e. The molecule has 1 atom stereocenters. The van der Waals surface area contributed by atoms with E-state index in [1.165, 1.54) is 0 Å². The largest absolute Gasteiger partial charge is 0.465 e. The molecule has 1 unspecified atom stereocenters. The van der Waals surface area contributed by atoms with Crippen LogP contribution >= 0.6 is 15.9 Å². The fourth-order valence-electron chi connectivity index (χ4n) is 5.24.